The molecule has 1 N–H and O–H groups in total. The van der Waals surface area contributed by atoms with E-state index >= 15 is 0 Å². The first kappa shape index (κ1) is 12.8. The number of hydrogen-bond acceptors (Lipinski definition) is 4. The molecule has 0 spiro atoms. The summed E-state index contributed by atoms with van der Waals surface area (Å²) < 4.78 is 0.744. The lowest BCUT2D eigenvalue weighted by Gasteiger charge is -2.06. The van der Waals surface area contributed by atoms with Crippen molar-refractivity contribution in [2.75, 3.05) is 0 Å². The van der Waals surface area contributed by atoms with E-state index in [2.05, 4.69) is 4.98 Å². The smallest absolute Gasteiger partial charge is 0.131 e. The fourth-order valence-electron chi connectivity index (χ4n) is 1.77. The van der Waals surface area contributed by atoms with E-state index < -0.39 is 6.10 Å². The van der Waals surface area contributed by atoms with E-state index in [0.29, 0.717) is 5.01 Å². The molecule has 0 saturated heterocycles. The van der Waals surface area contributed by atoms with Crippen molar-refractivity contribution in [1.29, 1.82) is 0 Å². The topological polar surface area (TPSA) is 33.1 Å². The molecule has 3 aromatic rings. The van der Waals surface area contributed by atoms with Gasteiger partial charge in [0.25, 0.3) is 0 Å². The highest BCUT2D eigenvalue weighted by molar-refractivity contribution is 7.14. The van der Waals surface area contributed by atoms with Gasteiger partial charge in [-0.3, -0.25) is 0 Å². The van der Waals surface area contributed by atoms with Crippen LogP contribution in [-0.4, -0.2) is 10.1 Å². The van der Waals surface area contributed by atoms with Gasteiger partial charge >= 0.3 is 0 Å². The van der Waals surface area contributed by atoms with E-state index in [1.54, 1.807) is 0 Å². The zero-order valence-electron chi connectivity index (χ0n) is 9.79. The van der Waals surface area contributed by atoms with Crippen molar-refractivity contribution in [2.24, 2.45) is 0 Å². The van der Waals surface area contributed by atoms with Gasteiger partial charge in [0.05, 0.1) is 10.0 Å². The molecule has 3 rings (SSSR count). The second kappa shape index (κ2) is 5.43. The number of benzene rings is 1. The molecule has 0 radical (unpaired) electrons. The van der Waals surface area contributed by atoms with E-state index in [9.17, 15) is 5.11 Å². The van der Waals surface area contributed by atoms with Crippen molar-refractivity contribution in [1.82, 2.24) is 4.98 Å². The van der Waals surface area contributed by atoms with Gasteiger partial charge < -0.3 is 5.11 Å². The molecule has 96 valence electrons. The van der Waals surface area contributed by atoms with Gasteiger partial charge in [-0.25, -0.2) is 4.98 Å². The van der Waals surface area contributed by atoms with Crippen molar-refractivity contribution in [3.05, 3.63) is 62.1 Å². The first-order chi connectivity index (χ1) is 9.24. The zero-order chi connectivity index (χ0) is 13.2. The van der Waals surface area contributed by atoms with Crippen LogP contribution in [0.2, 0.25) is 4.34 Å². The highest BCUT2D eigenvalue weighted by Gasteiger charge is 2.15. The van der Waals surface area contributed by atoms with Crippen molar-refractivity contribution < 1.29 is 5.11 Å². The summed E-state index contributed by atoms with van der Waals surface area (Å²) in [6.45, 7) is 0. The molecule has 1 aromatic carbocycles. The first-order valence-corrected chi connectivity index (χ1v) is 7.80. The molecular weight excluding hydrogens is 298 g/mol. The van der Waals surface area contributed by atoms with Crippen LogP contribution >= 0.6 is 34.3 Å². The summed E-state index contributed by atoms with van der Waals surface area (Å²) in [4.78, 5) is 4.49. The van der Waals surface area contributed by atoms with Crippen molar-refractivity contribution >= 4 is 34.3 Å². The van der Waals surface area contributed by atoms with Gasteiger partial charge in [-0.1, -0.05) is 41.9 Å². The molecule has 0 aliphatic rings. The molecule has 2 aromatic heterocycles. The largest absolute Gasteiger partial charge is 0.381 e. The van der Waals surface area contributed by atoms with Crippen molar-refractivity contribution in [3.63, 3.8) is 0 Å². The molecule has 0 aliphatic heterocycles. The predicted molar refractivity (Wildman–Crippen MR) is 80.9 cm³/mol. The highest BCUT2D eigenvalue weighted by atomic mass is 35.5. The predicted octanol–water partition coefficient (Wildman–Crippen LogP) is 4.61. The number of halogens is 1. The van der Waals surface area contributed by atoms with Crippen LogP contribution in [0.4, 0.5) is 0 Å². The second-order valence-electron chi connectivity index (χ2n) is 4.02. The molecule has 1 atom stereocenters. The van der Waals surface area contributed by atoms with Gasteiger partial charge in [0.15, 0.2) is 0 Å². The fourth-order valence-corrected chi connectivity index (χ4v) is 3.48. The van der Waals surface area contributed by atoms with Crippen LogP contribution < -0.4 is 0 Å². The molecule has 19 heavy (non-hydrogen) atoms. The molecule has 2 heterocycles. The maximum absolute atomic E-state index is 10.3. The quantitative estimate of drug-likeness (QED) is 0.766. The SMILES string of the molecule is OC(c1ccccc1)c1nc(-c2csc(Cl)c2)cs1. The molecule has 0 amide bonds. The van der Waals surface area contributed by atoms with Crippen molar-refractivity contribution in [3.8, 4) is 11.3 Å². The van der Waals surface area contributed by atoms with Crippen LogP contribution in [0.5, 0.6) is 0 Å². The van der Waals surface area contributed by atoms with E-state index in [1.165, 1.54) is 22.7 Å². The van der Waals surface area contributed by atoms with Crippen LogP contribution in [0.1, 0.15) is 16.7 Å². The minimum Gasteiger partial charge on any atom is -0.381 e. The third kappa shape index (κ3) is 2.72. The van der Waals surface area contributed by atoms with Crippen LogP contribution in [0.3, 0.4) is 0 Å². The Morgan fingerprint density at radius 3 is 2.58 bits per heavy atom. The summed E-state index contributed by atoms with van der Waals surface area (Å²) in [5.74, 6) is 0. The maximum Gasteiger partial charge on any atom is 0.131 e. The molecular formula is C14H10ClNOS2. The molecule has 0 aliphatic carbocycles. The van der Waals surface area contributed by atoms with Gasteiger partial charge in [-0.15, -0.1) is 22.7 Å². The van der Waals surface area contributed by atoms with Gasteiger partial charge in [0, 0.05) is 16.3 Å². The number of aromatic nitrogens is 1. The monoisotopic (exact) mass is 307 g/mol. The third-order valence-corrected chi connectivity index (χ3v) is 4.72. The lowest BCUT2D eigenvalue weighted by atomic mass is 10.1. The molecule has 5 heteroatoms. The summed E-state index contributed by atoms with van der Waals surface area (Å²) >= 11 is 8.86. The maximum atomic E-state index is 10.3. The third-order valence-electron chi connectivity index (χ3n) is 2.73. The molecule has 0 saturated carbocycles. The molecule has 0 bridgehead atoms. The Morgan fingerprint density at radius 2 is 1.89 bits per heavy atom. The number of thiophene rings is 1. The number of rotatable bonds is 3. The average molecular weight is 308 g/mol. The van der Waals surface area contributed by atoms with Gasteiger partial charge in [-0.2, -0.15) is 0 Å². The van der Waals surface area contributed by atoms with Crippen molar-refractivity contribution in [2.45, 2.75) is 6.10 Å². The summed E-state index contributed by atoms with van der Waals surface area (Å²) in [7, 11) is 0. The number of thiazole rings is 1. The summed E-state index contributed by atoms with van der Waals surface area (Å²) in [6, 6.07) is 11.4. The Bertz CT molecular complexity index is 678. The Kier molecular flexibility index (Phi) is 3.66. The minimum absolute atomic E-state index is 0.672. The van der Waals surface area contributed by atoms with Gasteiger partial charge in [0.2, 0.25) is 0 Å². The molecule has 2 nitrogen and oxygen atoms in total. The lowest BCUT2D eigenvalue weighted by molar-refractivity contribution is 0.220. The van der Waals surface area contributed by atoms with Crippen LogP contribution in [0, 0.1) is 0 Å². The summed E-state index contributed by atoms with van der Waals surface area (Å²) in [6.07, 6.45) is -0.672. The van der Waals surface area contributed by atoms with Gasteiger partial charge in [-0.05, 0) is 11.6 Å². The molecule has 1 unspecified atom stereocenters. The Morgan fingerprint density at radius 1 is 1.11 bits per heavy atom. The Hall–Kier alpha value is -1.20. The standard InChI is InChI=1S/C14H10ClNOS2/c15-12-6-10(7-18-12)11-8-19-14(16-11)13(17)9-4-2-1-3-5-9/h1-8,13,17H. The average Bonchev–Trinajstić information content (AvgIpc) is 3.07. The van der Waals surface area contributed by atoms with E-state index in [-0.39, 0.29) is 0 Å². The van der Waals surface area contributed by atoms with Crippen LogP contribution in [0.15, 0.2) is 47.2 Å². The summed E-state index contributed by atoms with van der Waals surface area (Å²) in [5.41, 5.74) is 2.71. The number of aliphatic hydroxyl groups is 1. The second-order valence-corrected chi connectivity index (χ2v) is 6.46. The van der Waals surface area contributed by atoms with Crippen LogP contribution in [-0.2, 0) is 0 Å². The fraction of sp³-hybridized carbons (Fsp3) is 0.0714. The first-order valence-electron chi connectivity index (χ1n) is 5.67. The van der Waals surface area contributed by atoms with Crippen LogP contribution in [0.25, 0.3) is 11.3 Å². The Balaban J connectivity index is 1.89. The highest BCUT2D eigenvalue weighted by Crippen LogP contribution is 2.32. The molecule has 0 fully saturated rings. The summed E-state index contributed by atoms with van der Waals surface area (Å²) in [5, 5.41) is 14.9. The van der Waals surface area contributed by atoms with E-state index in [4.69, 9.17) is 11.6 Å². The number of hydrogen-bond donors (Lipinski definition) is 1. The number of aliphatic hydroxyl groups excluding tert-OH is 1. The lowest BCUT2D eigenvalue weighted by Crippen LogP contribution is -1.98. The Labute approximate surface area is 124 Å². The van der Waals surface area contributed by atoms with E-state index in [1.807, 2.05) is 47.2 Å². The zero-order valence-corrected chi connectivity index (χ0v) is 12.2. The van der Waals surface area contributed by atoms with Gasteiger partial charge in [0.1, 0.15) is 11.1 Å². The number of nitrogens with zero attached hydrogens (tertiary/aromatic N) is 1. The normalized spacial score (nSPS) is 12.5. The van der Waals surface area contributed by atoms with E-state index in [0.717, 1.165) is 21.2 Å². The minimum atomic E-state index is -0.672.